The van der Waals surface area contributed by atoms with E-state index in [2.05, 4.69) is 29.1 Å². The Bertz CT molecular complexity index is 271. The monoisotopic (exact) mass is 210 g/mol. The summed E-state index contributed by atoms with van der Waals surface area (Å²) >= 11 is 1.74. The van der Waals surface area contributed by atoms with E-state index in [4.69, 9.17) is 5.73 Å². The van der Waals surface area contributed by atoms with Gasteiger partial charge in [0, 0.05) is 12.6 Å². The normalized spacial score (nSPS) is 27.6. The number of hydrogen-bond donors (Lipinski definition) is 2. The summed E-state index contributed by atoms with van der Waals surface area (Å²) in [6.45, 7) is 4.13. The fraction of sp³-hybridized carbons (Fsp3) is 0.636. The van der Waals surface area contributed by atoms with E-state index >= 15 is 0 Å². The fourth-order valence-electron chi connectivity index (χ4n) is 1.79. The van der Waals surface area contributed by atoms with Crippen molar-refractivity contribution in [3.8, 4) is 0 Å². The minimum Gasteiger partial charge on any atom is -0.329 e. The van der Waals surface area contributed by atoms with E-state index in [0.717, 1.165) is 18.4 Å². The van der Waals surface area contributed by atoms with Crippen molar-refractivity contribution in [1.29, 1.82) is 0 Å². The number of nitrogens with two attached hydrogens (primary N) is 1. The summed E-state index contributed by atoms with van der Waals surface area (Å²) < 4.78 is 0. The Morgan fingerprint density at radius 1 is 1.71 bits per heavy atom. The largest absolute Gasteiger partial charge is 0.329 e. The topological polar surface area (TPSA) is 38.0 Å². The van der Waals surface area contributed by atoms with Crippen molar-refractivity contribution >= 4 is 11.3 Å². The fourth-order valence-corrected chi connectivity index (χ4v) is 2.50. The summed E-state index contributed by atoms with van der Waals surface area (Å²) in [5, 5.41) is 7.84. The summed E-state index contributed by atoms with van der Waals surface area (Å²) in [5.74, 6) is 1.81. The first-order valence-corrected chi connectivity index (χ1v) is 6.21. The summed E-state index contributed by atoms with van der Waals surface area (Å²) in [5.41, 5.74) is 7.09. The molecule has 1 aliphatic carbocycles. The van der Waals surface area contributed by atoms with Crippen LogP contribution in [0.3, 0.4) is 0 Å². The van der Waals surface area contributed by atoms with Crippen molar-refractivity contribution in [2.75, 3.05) is 13.1 Å². The Hall–Kier alpha value is -0.380. The van der Waals surface area contributed by atoms with Gasteiger partial charge in [-0.1, -0.05) is 6.92 Å². The molecule has 0 spiro atoms. The quantitative estimate of drug-likeness (QED) is 0.780. The van der Waals surface area contributed by atoms with Crippen LogP contribution in [0.4, 0.5) is 0 Å². The molecule has 78 valence electrons. The van der Waals surface area contributed by atoms with Gasteiger partial charge in [-0.15, -0.1) is 0 Å². The predicted molar refractivity (Wildman–Crippen MR) is 61.4 cm³/mol. The molecule has 1 aliphatic rings. The van der Waals surface area contributed by atoms with E-state index in [9.17, 15) is 0 Å². The molecule has 3 atom stereocenters. The highest BCUT2D eigenvalue weighted by Crippen LogP contribution is 2.37. The first-order chi connectivity index (χ1) is 6.81. The Kier molecular flexibility index (Phi) is 3.21. The van der Waals surface area contributed by atoms with Gasteiger partial charge in [-0.05, 0) is 47.2 Å². The molecule has 2 rings (SSSR count). The molecule has 0 amide bonds. The first kappa shape index (κ1) is 10.1. The van der Waals surface area contributed by atoms with Crippen LogP contribution in [0, 0.1) is 11.8 Å². The molecule has 0 aliphatic heterocycles. The first-order valence-electron chi connectivity index (χ1n) is 5.26. The Balaban J connectivity index is 1.81. The molecule has 1 aromatic rings. The lowest BCUT2D eigenvalue weighted by molar-refractivity contribution is 0.512. The van der Waals surface area contributed by atoms with Crippen LogP contribution in [-0.4, -0.2) is 13.1 Å². The van der Waals surface area contributed by atoms with Crippen molar-refractivity contribution in [3.05, 3.63) is 22.4 Å². The van der Waals surface area contributed by atoms with Gasteiger partial charge in [0.15, 0.2) is 0 Å². The molecule has 1 aromatic heterocycles. The van der Waals surface area contributed by atoms with Gasteiger partial charge in [0.05, 0.1) is 0 Å². The van der Waals surface area contributed by atoms with Crippen LogP contribution >= 0.6 is 11.3 Å². The average molecular weight is 210 g/mol. The molecule has 0 saturated heterocycles. The SMILES string of the molecule is CC1CC1CNC(CN)c1ccsc1. The third-order valence-corrected chi connectivity index (χ3v) is 3.79. The van der Waals surface area contributed by atoms with Crippen LogP contribution in [0.1, 0.15) is 24.9 Å². The van der Waals surface area contributed by atoms with Crippen molar-refractivity contribution in [3.63, 3.8) is 0 Å². The van der Waals surface area contributed by atoms with Crippen LogP contribution in [0.2, 0.25) is 0 Å². The summed E-state index contributed by atoms with van der Waals surface area (Å²) in [4.78, 5) is 0. The summed E-state index contributed by atoms with van der Waals surface area (Å²) in [7, 11) is 0. The maximum absolute atomic E-state index is 5.75. The minimum absolute atomic E-state index is 0.356. The summed E-state index contributed by atoms with van der Waals surface area (Å²) in [6, 6.07) is 2.51. The van der Waals surface area contributed by atoms with Gasteiger partial charge in [0.25, 0.3) is 0 Å². The van der Waals surface area contributed by atoms with E-state index in [0.29, 0.717) is 12.6 Å². The number of hydrogen-bond acceptors (Lipinski definition) is 3. The molecule has 1 saturated carbocycles. The maximum atomic E-state index is 5.75. The van der Waals surface area contributed by atoms with Crippen molar-refractivity contribution in [2.45, 2.75) is 19.4 Å². The molecule has 0 bridgehead atoms. The van der Waals surface area contributed by atoms with Crippen LogP contribution in [0.5, 0.6) is 0 Å². The van der Waals surface area contributed by atoms with E-state index in [1.807, 2.05) is 0 Å². The second kappa shape index (κ2) is 4.43. The zero-order chi connectivity index (χ0) is 9.97. The van der Waals surface area contributed by atoms with E-state index in [1.54, 1.807) is 11.3 Å². The van der Waals surface area contributed by atoms with Crippen LogP contribution in [0.15, 0.2) is 16.8 Å². The zero-order valence-corrected chi connectivity index (χ0v) is 9.39. The van der Waals surface area contributed by atoms with Gasteiger partial charge in [-0.25, -0.2) is 0 Å². The van der Waals surface area contributed by atoms with Crippen LogP contribution in [-0.2, 0) is 0 Å². The van der Waals surface area contributed by atoms with Gasteiger partial charge in [-0.3, -0.25) is 0 Å². The van der Waals surface area contributed by atoms with E-state index in [1.165, 1.54) is 12.0 Å². The third-order valence-electron chi connectivity index (χ3n) is 3.08. The average Bonchev–Trinajstić information content (AvgIpc) is 2.70. The predicted octanol–water partition coefficient (Wildman–Crippen LogP) is 1.99. The highest BCUT2D eigenvalue weighted by molar-refractivity contribution is 7.07. The highest BCUT2D eigenvalue weighted by atomic mass is 32.1. The maximum Gasteiger partial charge on any atom is 0.0452 e. The second-order valence-corrected chi connectivity index (χ2v) is 5.01. The standard InChI is InChI=1S/C11H18N2S/c1-8-4-10(8)6-13-11(5-12)9-2-3-14-7-9/h2-3,7-8,10-11,13H,4-6,12H2,1H3. The van der Waals surface area contributed by atoms with E-state index in [-0.39, 0.29) is 0 Å². The van der Waals surface area contributed by atoms with Crippen molar-refractivity contribution < 1.29 is 0 Å². The third kappa shape index (κ3) is 2.35. The molecule has 3 unspecified atom stereocenters. The number of rotatable bonds is 5. The van der Waals surface area contributed by atoms with Gasteiger partial charge in [-0.2, -0.15) is 11.3 Å². The number of nitrogens with one attached hydrogen (secondary N) is 1. The molecule has 1 fully saturated rings. The van der Waals surface area contributed by atoms with Gasteiger partial charge >= 0.3 is 0 Å². The molecule has 3 N–H and O–H groups in total. The molecular formula is C11H18N2S. The van der Waals surface area contributed by atoms with Gasteiger partial charge < -0.3 is 11.1 Å². The molecular weight excluding hydrogens is 192 g/mol. The second-order valence-electron chi connectivity index (χ2n) is 4.23. The van der Waals surface area contributed by atoms with E-state index < -0.39 is 0 Å². The molecule has 1 heterocycles. The molecule has 2 nitrogen and oxygen atoms in total. The molecule has 14 heavy (non-hydrogen) atoms. The van der Waals surface area contributed by atoms with Crippen molar-refractivity contribution in [2.24, 2.45) is 17.6 Å². The van der Waals surface area contributed by atoms with Crippen molar-refractivity contribution in [1.82, 2.24) is 5.32 Å². The van der Waals surface area contributed by atoms with Gasteiger partial charge in [0.2, 0.25) is 0 Å². The number of thiophene rings is 1. The smallest absolute Gasteiger partial charge is 0.0452 e. The Morgan fingerprint density at radius 3 is 3.00 bits per heavy atom. The Labute approximate surface area is 89.5 Å². The summed E-state index contributed by atoms with van der Waals surface area (Å²) in [6.07, 6.45) is 1.38. The molecule has 3 heteroatoms. The van der Waals surface area contributed by atoms with Gasteiger partial charge in [0.1, 0.15) is 0 Å². The molecule has 0 aromatic carbocycles. The molecule has 0 radical (unpaired) electrons. The lowest BCUT2D eigenvalue weighted by atomic mass is 10.1. The van der Waals surface area contributed by atoms with Crippen LogP contribution in [0.25, 0.3) is 0 Å². The minimum atomic E-state index is 0.356. The zero-order valence-electron chi connectivity index (χ0n) is 8.57. The highest BCUT2D eigenvalue weighted by Gasteiger charge is 2.32. The lowest BCUT2D eigenvalue weighted by Gasteiger charge is -2.15. The lowest BCUT2D eigenvalue weighted by Crippen LogP contribution is -2.29. The van der Waals surface area contributed by atoms with Crippen LogP contribution < -0.4 is 11.1 Å². The Morgan fingerprint density at radius 2 is 2.50 bits per heavy atom.